The minimum Gasteiger partial charge on any atom is -0.359 e. The van der Waals surface area contributed by atoms with Crippen molar-refractivity contribution in [3.05, 3.63) is 11.8 Å². The van der Waals surface area contributed by atoms with Crippen LogP contribution in [0.15, 0.2) is 6.20 Å². The maximum atomic E-state index is 6.13. The highest BCUT2D eigenvalue weighted by atomic mass is 32.1. The molecule has 2 heterocycles. The fourth-order valence-corrected chi connectivity index (χ4v) is 2.74. The van der Waals surface area contributed by atoms with E-state index in [0.717, 1.165) is 31.7 Å². The highest BCUT2D eigenvalue weighted by Crippen LogP contribution is 2.32. The van der Waals surface area contributed by atoms with Gasteiger partial charge < -0.3 is 16.0 Å². The molecule has 4 nitrogen and oxygen atoms in total. The Kier molecular flexibility index (Phi) is 2.95. The van der Waals surface area contributed by atoms with Gasteiger partial charge in [-0.05, 0) is 25.4 Å². The quantitative estimate of drug-likeness (QED) is 0.781. The lowest BCUT2D eigenvalue weighted by Gasteiger charge is -2.31. The Balaban J connectivity index is 2.24. The maximum Gasteiger partial charge on any atom is 0.117 e. The van der Waals surface area contributed by atoms with Gasteiger partial charge in [0.05, 0.1) is 0 Å². The van der Waals surface area contributed by atoms with Gasteiger partial charge in [0.15, 0.2) is 0 Å². The van der Waals surface area contributed by atoms with E-state index < -0.39 is 0 Å². The largest absolute Gasteiger partial charge is 0.359 e. The smallest absolute Gasteiger partial charge is 0.117 e. The first-order valence-electron chi connectivity index (χ1n) is 5.29. The van der Waals surface area contributed by atoms with Gasteiger partial charge >= 0.3 is 0 Å². The van der Waals surface area contributed by atoms with Crippen LogP contribution < -0.4 is 16.0 Å². The molecule has 0 unspecified atom stereocenters. The van der Waals surface area contributed by atoms with Crippen molar-refractivity contribution in [1.82, 2.24) is 9.69 Å². The second-order valence-electron chi connectivity index (χ2n) is 4.50. The number of nitrogens with zero attached hydrogens (tertiary/aromatic N) is 2. The van der Waals surface area contributed by atoms with E-state index >= 15 is 0 Å². The molecule has 0 saturated carbocycles. The molecule has 1 aromatic rings. The van der Waals surface area contributed by atoms with Crippen molar-refractivity contribution < 1.29 is 0 Å². The van der Waals surface area contributed by atoms with Gasteiger partial charge in [-0.3, -0.25) is 0 Å². The Morgan fingerprint density at radius 2 is 2.13 bits per heavy atom. The van der Waals surface area contributed by atoms with E-state index in [-0.39, 0.29) is 5.54 Å². The predicted molar refractivity (Wildman–Crippen MR) is 64.4 cm³/mol. The molecular weight excluding hydrogens is 208 g/mol. The normalized spacial score (nSPS) is 18.2. The highest BCUT2D eigenvalue weighted by molar-refractivity contribution is 7.10. The molecule has 1 aromatic heterocycles. The highest BCUT2D eigenvalue weighted by Gasteiger charge is 2.24. The number of piperazine rings is 1. The van der Waals surface area contributed by atoms with Crippen LogP contribution in [0.5, 0.6) is 0 Å². The molecule has 1 saturated heterocycles. The molecule has 0 bridgehead atoms. The van der Waals surface area contributed by atoms with Gasteiger partial charge in [0.1, 0.15) is 5.00 Å². The van der Waals surface area contributed by atoms with Crippen LogP contribution in [-0.2, 0) is 5.54 Å². The first-order chi connectivity index (χ1) is 7.09. The van der Waals surface area contributed by atoms with E-state index in [2.05, 4.69) is 14.6 Å². The van der Waals surface area contributed by atoms with E-state index in [1.54, 1.807) is 11.5 Å². The van der Waals surface area contributed by atoms with Crippen LogP contribution in [0.4, 0.5) is 5.00 Å². The summed E-state index contributed by atoms with van der Waals surface area (Å²) in [5.41, 5.74) is 7.00. The van der Waals surface area contributed by atoms with Crippen LogP contribution in [0.3, 0.4) is 0 Å². The predicted octanol–water partition coefficient (Wildman–Crippen LogP) is 0.746. The third-order valence-electron chi connectivity index (χ3n) is 2.65. The van der Waals surface area contributed by atoms with Gasteiger partial charge in [-0.25, -0.2) is 0 Å². The van der Waals surface area contributed by atoms with Crippen LogP contribution in [0.1, 0.15) is 19.4 Å². The lowest BCUT2D eigenvalue weighted by atomic mass is 9.98. The van der Waals surface area contributed by atoms with Crippen molar-refractivity contribution in [3.8, 4) is 0 Å². The van der Waals surface area contributed by atoms with Gasteiger partial charge in [0, 0.05) is 43.5 Å². The first-order valence-corrected chi connectivity index (χ1v) is 6.06. The minimum atomic E-state index is -0.298. The molecule has 15 heavy (non-hydrogen) atoms. The fraction of sp³-hybridized carbons (Fsp3) is 0.700. The standard InChI is InChI=1S/C10H18N4S/c1-10(2,11)8-7-13-15-9(8)14-5-3-12-4-6-14/h7,12H,3-6,11H2,1-2H3. The number of nitrogens with one attached hydrogen (secondary N) is 1. The third-order valence-corrected chi connectivity index (χ3v) is 3.51. The van der Waals surface area contributed by atoms with E-state index in [1.165, 1.54) is 5.00 Å². The number of rotatable bonds is 2. The summed E-state index contributed by atoms with van der Waals surface area (Å²) in [7, 11) is 0. The monoisotopic (exact) mass is 226 g/mol. The molecule has 0 spiro atoms. The third kappa shape index (κ3) is 2.30. The van der Waals surface area contributed by atoms with Crippen molar-refractivity contribution in [2.45, 2.75) is 19.4 Å². The lowest BCUT2D eigenvalue weighted by Crippen LogP contribution is -2.44. The van der Waals surface area contributed by atoms with Gasteiger partial charge in [-0.15, -0.1) is 0 Å². The first kappa shape index (κ1) is 10.9. The summed E-state index contributed by atoms with van der Waals surface area (Å²) < 4.78 is 4.26. The van der Waals surface area contributed by atoms with E-state index in [0.29, 0.717) is 0 Å². The molecule has 2 rings (SSSR count). The number of hydrogen-bond donors (Lipinski definition) is 2. The minimum absolute atomic E-state index is 0.298. The molecule has 5 heteroatoms. The summed E-state index contributed by atoms with van der Waals surface area (Å²) in [6.07, 6.45) is 1.90. The number of anilines is 1. The Morgan fingerprint density at radius 3 is 2.73 bits per heavy atom. The van der Waals surface area contributed by atoms with Crippen LogP contribution in [-0.4, -0.2) is 30.6 Å². The summed E-state index contributed by atoms with van der Waals surface area (Å²) >= 11 is 1.55. The van der Waals surface area contributed by atoms with Crippen LogP contribution in [0.25, 0.3) is 0 Å². The SMILES string of the molecule is CC(C)(N)c1cnsc1N1CCNCC1. The van der Waals surface area contributed by atoms with Crippen LogP contribution in [0.2, 0.25) is 0 Å². The molecule has 0 radical (unpaired) electrons. The molecule has 1 aliphatic rings. The average molecular weight is 226 g/mol. The Labute approximate surface area is 94.6 Å². The summed E-state index contributed by atoms with van der Waals surface area (Å²) in [4.78, 5) is 2.37. The van der Waals surface area contributed by atoms with E-state index in [9.17, 15) is 0 Å². The Morgan fingerprint density at radius 1 is 1.47 bits per heavy atom. The molecule has 0 aromatic carbocycles. The Hall–Kier alpha value is -0.650. The Bertz CT molecular complexity index is 322. The van der Waals surface area contributed by atoms with Crippen molar-refractivity contribution in [2.75, 3.05) is 31.1 Å². The molecular formula is C10H18N4S. The number of nitrogens with two attached hydrogens (primary N) is 1. The second-order valence-corrected chi connectivity index (χ2v) is 5.28. The zero-order chi connectivity index (χ0) is 10.9. The van der Waals surface area contributed by atoms with Crippen molar-refractivity contribution in [3.63, 3.8) is 0 Å². The number of aromatic nitrogens is 1. The lowest BCUT2D eigenvalue weighted by molar-refractivity contribution is 0.544. The summed E-state index contributed by atoms with van der Waals surface area (Å²) in [6.45, 7) is 8.24. The van der Waals surface area contributed by atoms with Gasteiger partial charge in [0.2, 0.25) is 0 Å². The van der Waals surface area contributed by atoms with Crippen molar-refractivity contribution in [2.24, 2.45) is 5.73 Å². The molecule has 0 aliphatic carbocycles. The van der Waals surface area contributed by atoms with Gasteiger partial charge in [0.25, 0.3) is 0 Å². The summed E-state index contributed by atoms with van der Waals surface area (Å²) in [5, 5.41) is 4.59. The van der Waals surface area contributed by atoms with Gasteiger partial charge in [-0.2, -0.15) is 4.37 Å². The summed E-state index contributed by atoms with van der Waals surface area (Å²) in [5.74, 6) is 0. The number of hydrogen-bond acceptors (Lipinski definition) is 5. The molecule has 84 valence electrons. The van der Waals surface area contributed by atoms with Crippen LogP contribution in [0, 0.1) is 0 Å². The van der Waals surface area contributed by atoms with Crippen molar-refractivity contribution in [1.29, 1.82) is 0 Å². The average Bonchev–Trinajstić information content (AvgIpc) is 2.67. The maximum absolute atomic E-state index is 6.13. The zero-order valence-electron chi connectivity index (χ0n) is 9.29. The molecule has 3 N–H and O–H groups in total. The fourth-order valence-electron chi connectivity index (χ4n) is 1.77. The van der Waals surface area contributed by atoms with Crippen molar-refractivity contribution >= 4 is 16.5 Å². The second kappa shape index (κ2) is 4.08. The molecule has 0 atom stereocenters. The van der Waals surface area contributed by atoms with Gasteiger partial charge in [-0.1, -0.05) is 0 Å². The molecule has 0 amide bonds. The van der Waals surface area contributed by atoms with E-state index in [1.807, 2.05) is 20.0 Å². The summed E-state index contributed by atoms with van der Waals surface area (Å²) in [6, 6.07) is 0. The molecule has 1 fully saturated rings. The zero-order valence-corrected chi connectivity index (χ0v) is 10.1. The van der Waals surface area contributed by atoms with E-state index in [4.69, 9.17) is 5.73 Å². The van der Waals surface area contributed by atoms with Crippen LogP contribution >= 0.6 is 11.5 Å². The topological polar surface area (TPSA) is 54.2 Å². The molecule has 1 aliphatic heterocycles.